The van der Waals surface area contributed by atoms with Crippen molar-refractivity contribution in [2.75, 3.05) is 17.6 Å². The SMILES string of the molecule is Cc1c(C#N)sc2ccc(-c3ccc(C(=O)NS(=O)(=O)c4ccc(NCCSc5ccccc5)c([N+](=O)[O-])c4)cc3)cc12. The molecule has 0 bridgehead atoms. The molecule has 4 aromatic carbocycles. The smallest absolute Gasteiger partial charge is 0.293 e. The molecule has 1 amide bonds. The number of benzene rings is 4. The molecule has 0 spiro atoms. The van der Waals surface area contributed by atoms with Crippen molar-refractivity contribution in [3.63, 3.8) is 0 Å². The Morgan fingerprint density at radius 2 is 1.72 bits per heavy atom. The monoisotopic (exact) mass is 628 g/mol. The van der Waals surface area contributed by atoms with Crippen molar-refractivity contribution >= 4 is 60.5 Å². The van der Waals surface area contributed by atoms with Crippen LogP contribution in [0.3, 0.4) is 0 Å². The number of nitro benzene ring substituents is 1. The van der Waals surface area contributed by atoms with Gasteiger partial charge in [-0.05, 0) is 77.5 Å². The molecule has 0 saturated carbocycles. The Hall–Kier alpha value is -4.70. The van der Waals surface area contributed by atoms with Crippen molar-refractivity contribution in [2.24, 2.45) is 0 Å². The molecule has 2 N–H and O–H groups in total. The van der Waals surface area contributed by atoms with Crippen LogP contribution < -0.4 is 10.0 Å². The van der Waals surface area contributed by atoms with E-state index in [1.807, 2.05) is 60.2 Å². The molecule has 12 heteroatoms. The van der Waals surface area contributed by atoms with Crippen LogP contribution in [0.25, 0.3) is 21.2 Å². The average Bonchev–Trinajstić information content (AvgIpc) is 3.34. The van der Waals surface area contributed by atoms with E-state index in [0.29, 0.717) is 17.2 Å². The van der Waals surface area contributed by atoms with Crippen molar-refractivity contribution in [1.82, 2.24) is 4.72 Å². The molecule has 9 nitrogen and oxygen atoms in total. The number of hydrogen-bond acceptors (Lipinski definition) is 9. The highest BCUT2D eigenvalue weighted by molar-refractivity contribution is 7.99. The molecule has 0 unspecified atom stereocenters. The Labute approximate surface area is 256 Å². The quantitative estimate of drug-likeness (QED) is 0.0730. The highest BCUT2D eigenvalue weighted by Gasteiger charge is 2.24. The Balaban J connectivity index is 1.27. The lowest BCUT2D eigenvalue weighted by Crippen LogP contribution is -2.30. The van der Waals surface area contributed by atoms with Gasteiger partial charge in [0.2, 0.25) is 0 Å². The lowest BCUT2D eigenvalue weighted by Gasteiger charge is -2.11. The van der Waals surface area contributed by atoms with Gasteiger partial charge in [-0.25, -0.2) is 13.1 Å². The summed E-state index contributed by atoms with van der Waals surface area (Å²) < 4.78 is 29.0. The molecular weight excluding hydrogens is 605 g/mol. The Bertz CT molecular complexity index is 1980. The van der Waals surface area contributed by atoms with Crippen molar-refractivity contribution in [3.8, 4) is 17.2 Å². The predicted octanol–water partition coefficient (Wildman–Crippen LogP) is 6.98. The van der Waals surface area contributed by atoms with Crippen LogP contribution in [0.5, 0.6) is 0 Å². The van der Waals surface area contributed by atoms with Crippen LogP contribution in [0.2, 0.25) is 0 Å². The Morgan fingerprint density at radius 1 is 1.00 bits per heavy atom. The van der Waals surface area contributed by atoms with E-state index in [4.69, 9.17) is 0 Å². The molecule has 5 rings (SSSR count). The van der Waals surface area contributed by atoms with Gasteiger partial charge in [0.15, 0.2) is 0 Å². The number of carbonyl (C=O) groups is 1. The first-order valence-electron chi connectivity index (χ1n) is 13.0. The lowest BCUT2D eigenvalue weighted by atomic mass is 10.0. The highest BCUT2D eigenvalue weighted by Crippen LogP contribution is 2.34. The number of nitrogens with one attached hydrogen (secondary N) is 2. The van der Waals surface area contributed by atoms with Gasteiger partial charge >= 0.3 is 0 Å². The van der Waals surface area contributed by atoms with Crippen LogP contribution >= 0.6 is 23.1 Å². The fraction of sp³-hybridized carbons (Fsp3) is 0.0968. The second-order valence-electron chi connectivity index (χ2n) is 9.42. The number of rotatable bonds is 10. The van der Waals surface area contributed by atoms with E-state index in [2.05, 4.69) is 11.4 Å². The molecule has 0 radical (unpaired) electrons. The van der Waals surface area contributed by atoms with Crippen molar-refractivity contribution in [1.29, 1.82) is 5.26 Å². The maximum atomic E-state index is 13.0. The zero-order valence-corrected chi connectivity index (χ0v) is 25.2. The summed E-state index contributed by atoms with van der Waals surface area (Å²) in [5.41, 5.74) is 2.49. The third-order valence-corrected chi connectivity index (χ3v) is 10.2. The van der Waals surface area contributed by atoms with Gasteiger partial charge in [0.1, 0.15) is 16.6 Å². The number of carbonyl (C=O) groups excluding carboxylic acids is 1. The summed E-state index contributed by atoms with van der Waals surface area (Å²) >= 11 is 3.01. The topological polar surface area (TPSA) is 142 Å². The number of thiophene rings is 1. The number of hydrogen-bond donors (Lipinski definition) is 2. The van der Waals surface area contributed by atoms with Crippen LogP contribution in [0.1, 0.15) is 20.8 Å². The number of nitrogens with zero attached hydrogens (tertiary/aromatic N) is 2. The minimum absolute atomic E-state index is 0.107. The number of sulfonamides is 1. The average molecular weight is 629 g/mol. The first-order chi connectivity index (χ1) is 20.7. The number of nitriles is 1. The summed E-state index contributed by atoms with van der Waals surface area (Å²) in [6.45, 7) is 2.32. The number of aryl methyl sites for hydroxylation is 1. The van der Waals surface area contributed by atoms with Crippen molar-refractivity contribution in [2.45, 2.75) is 16.7 Å². The molecule has 0 aliphatic rings. The van der Waals surface area contributed by atoms with Crippen LogP contribution in [0.4, 0.5) is 11.4 Å². The molecular formula is C31H24N4O5S3. The second kappa shape index (κ2) is 12.7. The second-order valence-corrected chi connectivity index (χ2v) is 13.3. The Morgan fingerprint density at radius 3 is 2.42 bits per heavy atom. The van der Waals surface area contributed by atoms with Crippen LogP contribution in [0.15, 0.2) is 101 Å². The lowest BCUT2D eigenvalue weighted by molar-refractivity contribution is -0.384. The molecule has 1 heterocycles. The maximum absolute atomic E-state index is 13.0. The summed E-state index contributed by atoms with van der Waals surface area (Å²) in [5.74, 6) is -0.224. The zero-order chi connectivity index (χ0) is 30.6. The predicted molar refractivity (Wildman–Crippen MR) is 170 cm³/mol. The fourth-order valence-corrected chi connectivity index (χ4v) is 7.18. The summed E-state index contributed by atoms with van der Waals surface area (Å²) in [4.78, 5) is 25.2. The maximum Gasteiger partial charge on any atom is 0.293 e. The molecule has 216 valence electrons. The normalized spacial score (nSPS) is 11.2. The van der Waals surface area contributed by atoms with E-state index >= 15 is 0 Å². The van der Waals surface area contributed by atoms with E-state index in [1.165, 1.54) is 35.6 Å². The standard InChI is InChI=1S/C31H24N4O5S3/c1-20-26-17-23(11-14-29(26)42-30(20)19-32)21-7-9-22(10-8-21)31(36)34-43(39,40)25-12-13-27(28(18-25)35(37)38)33-15-16-41-24-5-3-2-4-6-24/h2-14,17-18,33H,15-16H2,1H3,(H,34,36). The highest BCUT2D eigenvalue weighted by atomic mass is 32.2. The summed E-state index contributed by atoms with van der Waals surface area (Å²) in [5, 5.41) is 25.0. The van der Waals surface area contributed by atoms with Crippen LogP contribution in [-0.4, -0.2) is 31.5 Å². The first kappa shape index (κ1) is 29.8. The number of anilines is 1. The van der Waals surface area contributed by atoms with Crippen molar-refractivity contribution < 1.29 is 18.1 Å². The Kier molecular flexibility index (Phi) is 8.77. The van der Waals surface area contributed by atoms with Gasteiger partial charge in [-0.2, -0.15) is 5.26 Å². The molecule has 0 aliphatic carbocycles. The molecule has 0 atom stereocenters. The van der Waals surface area contributed by atoms with E-state index in [0.717, 1.165) is 37.7 Å². The zero-order valence-electron chi connectivity index (χ0n) is 22.7. The molecule has 0 aliphatic heterocycles. The van der Waals surface area contributed by atoms with Crippen LogP contribution in [-0.2, 0) is 10.0 Å². The van der Waals surface area contributed by atoms with E-state index < -0.39 is 31.4 Å². The minimum Gasteiger partial charge on any atom is -0.379 e. The van der Waals surface area contributed by atoms with Crippen molar-refractivity contribution in [3.05, 3.63) is 117 Å². The minimum atomic E-state index is -4.39. The van der Waals surface area contributed by atoms with Crippen LogP contribution in [0, 0.1) is 28.4 Å². The van der Waals surface area contributed by atoms with Gasteiger partial charge in [0.05, 0.1) is 9.82 Å². The van der Waals surface area contributed by atoms with E-state index in [1.54, 1.807) is 23.9 Å². The fourth-order valence-electron chi connectivity index (χ4n) is 4.41. The molecule has 1 aromatic heterocycles. The molecule has 0 fully saturated rings. The summed E-state index contributed by atoms with van der Waals surface area (Å²) in [6.07, 6.45) is 0. The summed E-state index contributed by atoms with van der Waals surface area (Å²) in [7, 11) is -4.39. The first-order valence-corrected chi connectivity index (χ1v) is 16.3. The van der Waals surface area contributed by atoms with Gasteiger partial charge < -0.3 is 5.32 Å². The summed E-state index contributed by atoms with van der Waals surface area (Å²) in [6, 6.07) is 27.7. The van der Waals surface area contributed by atoms with Gasteiger partial charge in [-0.15, -0.1) is 23.1 Å². The van der Waals surface area contributed by atoms with Gasteiger partial charge in [-0.1, -0.05) is 36.4 Å². The number of amides is 1. The van der Waals surface area contributed by atoms with Gasteiger partial charge in [0, 0.05) is 33.5 Å². The van der Waals surface area contributed by atoms with E-state index in [9.17, 15) is 28.6 Å². The largest absolute Gasteiger partial charge is 0.379 e. The third-order valence-electron chi connectivity index (χ3n) is 6.65. The third kappa shape index (κ3) is 6.70. The number of fused-ring (bicyclic) bond motifs is 1. The number of nitro groups is 1. The van der Waals surface area contributed by atoms with E-state index in [-0.39, 0.29) is 11.3 Å². The van der Waals surface area contributed by atoms with Gasteiger partial charge in [0.25, 0.3) is 21.6 Å². The molecule has 0 saturated heterocycles. The molecule has 5 aromatic rings. The molecule has 43 heavy (non-hydrogen) atoms. The number of thioether (sulfide) groups is 1. The van der Waals surface area contributed by atoms with Gasteiger partial charge in [-0.3, -0.25) is 14.9 Å².